The van der Waals surface area contributed by atoms with Crippen molar-refractivity contribution in [1.82, 2.24) is 4.98 Å². The maximum atomic E-state index is 4.83. The first-order chi connectivity index (χ1) is 13.7. The van der Waals surface area contributed by atoms with Crippen LogP contribution in [-0.2, 0) is 0 Å². The van der Waals surface area contributed by atoms with Crippen molar-refractivity contribution in [3.05, 3.63) is 102 Å². The SMILES string of the molecule is Cc1ccc(-c2c3ccccc3c(-c3ccccc3)c3ncccc23)cc1C. The van der Waals surface area contributed by atoms with Crippen LogP contribution in [0.25, 0.3) is 43.9 Å². The third-order valence-corrected chi connectivity index (χ3v) is 5.64. The molecule has 0 radical (unpaired) electrons. The summed E-state index contributed by atoms with van der Waals surface area (Å²) in [6.07, 6.45) is 1.90. The van der Waals surface area contributed by atoms with Crippen LogP contribution in [0.15, 0.2) is 91.1 Å². The van der Waals surface area contributed by atoms with E-state index in [2.05, 4.69) is 92.7 Å². The van der Waals surface area contributed by atoms with E-state index < -0.39 is 0 Å². The van der Waals surface area contributed by atoms with Crippen LogP contribution in [0.4, 0.5) is 0 Å². The van der Waals surface area contributed by atoms with Crippen molar-refractivity contribution in [1.29, 1.82) is 0 Å². The second kappa shape index (κ2) is 6.61. The molecule has 0 bridgehead atoms. The summed E-state index contributed by atoms with van der Waals surface area (Å²) in [5.41, 5.74) is 8.61. The molecule has 0 aliphatic heterocycles. The zero-order valence-corrected chi connectivity index (χ0v) is 16.1. The predicted octanol–water partition coefficient (Wildman–Crippen LogP) is 7.34. The molecule has 4 aromatic carbocycles. The van der Waals surface area contributed by atoms with Gasteiger partial charge in [-0.25, -0.2) is 0 Å². The lowest BCUT2D eigenvalue weighted by Gasteiger charge is -2.17. The van der Waals surface area contributed by atoms with Gasteiger partial charge in [0.15, 0.2) is 0 Å². The number of rotatable bonds is 2. The summed E-state index contributed by atoms with van der Waals surface area (Å²) >= 11 is 0. The van der Waals surface area contributed by atoms with Crippen molar-refractivity contribution in [2.75, 3.05) is 0 Å². The number of nitrogens with zero attached hydrogens (tertiary/aromatic N) is 1. The minimum absolute atomic E-state index is 1.06. The number of hydrogen-bond acceptors (Lipinski definition) is 1. The minimum Gasteiger partial charge on any atom is -0.256 e. The molecule has 1 nitrogen and oxygen atoms in total. The molecule has 1 heteroatoms. The average Bonchev–Trinajstić information content (AvgIpc) is 2.74. The maximum Gasteiger partial charge on any atom is 0.0792 e. The Labute approximate surface area is 165 Å². The Hall–Kier alpha value is -3.45. The van der Waals surface area contributed by atoms with Crippen molar-refractivity contribution in [3.8, 4) is 22.3 Å². The molecule has 134 valence electrons. The van der Waals surface area contributed by atoms with E-state index >= 15 is 0 Å². The Balaban J connectivity index is 1.99. The van der Waals surface area contributed by atoms with Gasteiger partial charge in [0.2, 0.25) is 0 Å². The third kappa shape index (κ3) is 2.59. The molecule has 5 aromatic rings. The van der Waals surface area contributed by atoms with Gasteiger partial charge >= 0.3 is 0 Å². The van der Waals surface area contributed by atoms with Crippen molar-refractivity contribution >= 4 is 21.7 Å². The Morgan fingerprint density at radius 3 is 1.96 bits per heavy atom. The van der Waals surface area contributed by atoms with Crippen LogP contribution < -0.4 is 0 Å². The van der Waals surface area contributed by atoms with Gasteiger partial charge in [0.25, 0.3) is 0 Å². The van der Waals surface area contributed by atoms with Crippen molar-refractivity contribution in [2.24, 2.45) is 0 Å². The average molecular weight is 359 g/mol. The van der Waals surface area contributed by atoms with E-state index in [0.717, 1.165) is 5.52 Å². The van der Waals surface area contributed by atoms with Crippen LogP contribution in [0.2, 0.25) is 0 Å². The highest BCUT2D eigenvalue weighted by Gasteiger charge is 2.17. The normalized spacial score (nSPS) is 11.2. The molecule has 0 saturated heterocycles. The summed E-state index contributed by atoms with van der Waals surface area (Å²) in [5.74, 6) is 0. The Morgan fingerprint density at radius 1 is 0.536 bits per heavy atom. The first kappa shape index (κ1) is 16.7. The monoisotopic (exact) mass is 359 g/mol. The fourth-order valence-electron chi connectivity index (χ4n) is 4.10. The first-order valence-electron chi connectivity index (χ1n) is 9.66. The molecular formula is C27H21N. The maximum absolute atomic E-state index is 4.83. The zero-order chi connectivity index (χ0) is 19.1. The zero-order valence-electron chi connectivity index (χ0n) is 16.1. The van der Waals surface area contributed by atoms with E-state index in [9.17, 15) is 0 Å². The Kier molecular flexibility index (Phi) is 3.95. The van der Waals surface area contributed by atoms with Crippen LogP contribution in [-0.4, -0.2) is 4.98 Å². The molecule has 5 rings (SSSR count). The number of fused-ring (bicyclic) bond motifs is 2. The second-order valence-corrected chi connectivity index (χ2v) is 7.36. The molecule has 1 aromatic heterocycles. The third-order valence-electron chi connectivity index (χ3n) is 5.64. The summed E-state index contributed by atoms with van der Waals surface area (Å²) in [7, 11) is 0. The number of aromatic nitrogens is 1. The first-order valence-corrected chi connectivity index (χ1v) is 9.66. The largest absolute Gasteiger partial charge is 0.256 e. The van der Waals surface area contributed by atoms with E-state index in [1.165, 1.54) is 49.5 Å². The fourth-order valence-corrected chi connectivity index (χ4v) is 4.10. The van der Waals surface area contributed by atoms with Crippen LogP contribution in [0, 0.1) is 13.8 Å². The Morgan fingerprint density at radius 2 is 1.21 bits per heavy atom. The fraction of sp³-hybridized carbons (Fsp3) is 0.0741. The molecule has 0 saturated carbocycles. The predicted molar refractivity (Wildman–Crippen MR) is 120 cm³/mol. The molecule has 0 spiro atoms. The van der Waals surface area contributed by atoms with Gasteiger partial charge in [0.05, 0.1) is 5.52 Å². The van der Waals surface area contributed by atoms with Gasteiger partial charge in [-0.05, 0) is 58.5 Å². The number of aryl methyl sites for hydroxylation is 2. The van der Waals surface area contributed by atoms with Crippen molar-refractivity contribution in [2.45, 2.75) is 13.8 Å². The molecule has 0 unspecified atom stereocenters. The summed E-state index contributed by atoms with van der Waals surface area (Å²) in [6, 6.07) is 30.3. The van der Waals surface area contributed by atoms with Gasteiger partial charge in [0, 0.05) is 17.1 Å². The standard InChI is InChI=1S/C27H21N/c1-18-14-15-21(17-19(18)2)25-22-11-6-7-12-23(22)26(20-9-4-3-5-10-20)27-24(25)13-8-16-28-27/h3-17H,1-2H3. The quantitative estimate of drug-likeness (QED) is 0.300. The van der Waals surface area contributed by atoms with E-state index in [1.54, 1.807) is 0 Å². The highest BCUT2D eigenvalue weighted by atomic mass is 14.7. The lowest BCUT2D eigenvalue weighted by Crippen LogP contribution is -1.93. The van der Waals surface area contributed by atoms with Crippen LogP contribution in [0.3, 0.4) is 0 Å². The van der Waals surface area contributed by atoms with Gasteiger partial charge in [-0.1, -0.05) is 78.9 Å². The minimum atomic E-state index is 1.06. The van der Waals surface area contributed by atoms with Crippen LogP contribution in [0.5, 0.6) is 0 Å². The van der Waals surface area contributed by atoms with E-state index in [1.807, 2.05) is 12.3 Å². The number of pyridine rings is 1. The summed E-state index contributed by atoms with van der Waals surface area (Å²) in [6.45, 7) is 4.34. The highest BCUT2D eigenvalue weighted by Crippen LogP contribution is 2.42. The second-order valence-electron chi connectivity index (χ2n) is 7.36. The van der Waals surface area contributed by atoms with E-state index in [-0.39, 0.29) is 0 Å². The van der Waals surface area contributed by atoms with Crippen LogP contribution in [0.1, 0.15) is 11.1 Å². The van der Waals surface area contributed by atoms with Crippen molar-refractivity contribution < 1.29 is 0 Å². The smallest absolute Gasteiger partial charge is 0.0792 e. The molecule has 0 N–H and O–H groups in total. The molecule has 1 heterocycles. The number of hydrogen-bond donors (Lipinski definition) is 0. The van der Waals surface area contributed by atoms with Gasteiger partial charge < -0.3 is 0 Å². The molecule has 28 heavy (non-hydrogen) atoms. The molecule has 0 aliphatic rings. The molecule has 0 fully saturated rings. The summed E-state index contributed by atoms with van der Waals surface area (Å²) in [5, 5.41) is 3.71. The summed E-state index contributed by atoms with van der Waals surface area (Å²) < 4.78 is 0. The van der Waals surface area contributed by atoms with Crippen LogP contribution >= 0.6 is 0 Å². The summed E-state index contributed by atoms with van der Waals surface area (Å²) in [4.78, 5) is 4.83. The molecule has 0 aliphatic carbocycles. The van der Waals surface area contributed by atoms with Gasteiger partial charge in [-0.3, -0.25) is 4.98 Å². The van der Waals surface area contributed by atoms with Gasteiger partial charge in [-0.15, -0.1) is 0 Å². The van der Waals surface area contributed by atoms with Gasteiger partial charge in [0.1, 0.15) is 0 Å². The van der Waals surface area contributed by atoms with Gasteiger partial charge in [-0.2, -0.15) is 0 Å². The lowest BCUT2D eigenvalue weighted by molar-refractivity contribution is 1.34. The molecule has 0 amide bonds. The molecule has 0 atom stereocenters. The van der Waals surface area contributed by atoms with Crippen molar-refractivity contribution in [3.63, 3.8) is 0 Å². The topological polar surface area (TPSA) is 12.9 Å². The molecular weight excluding hydrogens is 338 g/mol. The lowest BCUT2D eigenvalue weighted by atomic mass is 9.87. The van der Waals surface area contributed by atoms with E-state index in [0.29, 0.717) is 0 Å². The highest BCUT2D eigenvalue weighted by molar-refractivity contribution is 6.20. The number of benzene rings is 4. The Bertz CT molecular complexity index is 1260. The van der Waals surface area contributed by atoms with E-state index in [4.69, 9.17) is 4.98 Å².